The first kappa shape index (κ1) is 15.0. The van der Waals surface area contributed by atoms with Gasteiger partial charge in [0.1, 0.15) is 17.2 Å². The number of hydrogen-bond donors (Lipinski definition) is 0. The molecular weight excluding hydrogens is 351 g/mol. The molecule has 2 heterocycles. The quantitative estimate of drug-likeness (QED) is 0.498. The topological polar surface area (TPSA) is 64.7 Å². The van der Waals surface area contributed by atoms with Gasteiger partial charge in [0.05, 0.1) is 5.52 Å². The fourth-order valence-corrected chi connectivity index (χ4v) is 3.00. The van der Waals surface area contributed by atoms with E-state index in [-0.39, 0.29) is 5.82 Å². The van der Waals surface area contributed by atoms with Crippen molar-refractivity contribution in [3.8, 4) is 11.5 Å². The second-order valence-electron chi connectivity index (χ2n) is 4.82. The van der Waals surface area contributed by atoms with Crippen molar-refractivity contribution in [1.82, 2.24) is 20.2 Å². The zero-order valence-electron chi connectivity index (χ0n) is 12.0. The summed E-state index contributed by atoms with van der Waals surface area (Å²) < 4.78 is 19.1. The lowest BCUT2D eigenvalue weighted by Crippen LogP contribution is -1.88. The number of fused-ring (bicyclic) bond motifs is 1. The Morgan fingerprint density at radius 1 is 1.00 bits per heavy atom. The summed E-state index contributed by atoms with van der Waals surface area (Å²) in [6.07, 6.45) is 1.42. The average molecular weight is 359 g/mol. The van der Waals surface area contributed by atoms with Crippen LogP contribution in [-0.4, -0.2) is 20.2 Å². The van der Waals surface area contributed by atoms with Gasteiger partial charge in [0, 0.05) is 16.0 Å². The maximum Gasteiger partial charge on any atom is 0.283 e. The first-order chi connectivity index (χ1) is 11.7. The molecule has 0 saturated carbocycles. The van der Waals surface area contributed by atoms with E-state index in [0.29, 0.717) is 32.1 Å². The van der Waals surface area contributed by atoms with Gasteiger partial charge in [0.15, 0.2) is 0 Å². The zero-order chi connectivity index (χ0) is 16.5. The molecule has 2 aromatic carbocycles. The molecule has 5 nitrogen and oxygen atoms in total. The third-order valence-electron chi connectivity index (χ3n) is 3.24. The van der Waals surface area contributed by atoms with Crippen LogP contribution in [0.2, 0.25) is 5.02 Å². The molecule has 0 spiro atoms. The normalized spacial score (nSPS) is 11.1. The van der Waals surface area contributed by atoms with Gasteiger partial charge >= 0.3 is 0 Å². The summed E-state index contributed by atoms with van der Waals surface area (Å²) in [4.78, 5) is 8.29. The molecule has 4 aromatic rings. The first-order valence-corrected chi connectivity index (χ1v) is 8.06. The summed E-state index contributed by atoms with van der Waals surface area (Å²) in [6, 6.07) is 11.4. The van der Waals surface area contributed by atoms with Gasteiger partial charge in [-0.2, -0.15) is 0 Å². The molecule has 0 amide bonds. The molecule has 0 aliphatic heterocycles. The van der Waals surface area contributed by atoms with Crippen LogP contribution in [0.4, 0.5) is 4.39 Å². The van der Waals surface area contributed by atoms with E-state index in [4.69, 9.17) is 16.0 Å². The van der Waals surface area contributed by atoms with Gasteiger partial charge in [-0.15, -0.1) is 10.2 Å². The number of aromatic nitrogens is 4. The summed E-state index contributed by atoms with van der Waals surface area (Å²) in [5.41, 5.74) is 1.41. The molecule has 0 aliphatic rings. The third kappa shape index (κ3) is 2.95. The molecule has 0 fully saturated rings. The van der Waals surface area contributed by atoms with Crippen molar-refractivity contribution in [3.63, 3.8) is 0 Å². The minimum absolute atomic E-state index is 0.309. The summed E-state index contributed by atoms with van der Waals surface area (Å²) >= 11 is 7.02. The molecule has 0 saturated heterocycles. The Kier molecular flexibility index (Phi) is 3.87. The van der Waals surface area contributed by atoms with E-state index >= 15 is 0 Å². The van der Waals surface area contributed by atoms with Crippen LogP contribution in [-0.2, 0) is 0 Å². The molecule has 24 heavy (non-hydrogen) atoms. The van der Waals surface area contributed by atoms with Gasteiger partial charge in [-0.3, -0.25) is 0 Å². The van der Waals surface area contributed by atoms with E-state index in [1.807, 2.05) is 0 Å². The second kappa shape index (κ2) is 6.18. The van der Waals surface area contributed by atoms with E-state index in [1.165, 1.54) is 18.5 Å². The molecule has 0 unspecified atom stereocenters. The minimum Gasteiger partial charge on any atom is -0.411 e. The summed E-state index contributed by atoms with van der Waals surface area (Å²) in [7, 11) is 0. The molecule has 0 atom stereocenters. The molecule has 118 valence electrons. The van der Waals surface area contributed by atoms with E-state index in [2.05, 4.69) is 20.2 Å². The van der Waals surface area contributed by atoms with Crippen molar-refractivity contribution < 1.29 is 8.81 Å². The van der Waals surface area contributed by atoms with Gasteiger partial charge in [0.2, 0.25) is 5.89 Å². The van der Waals surface area contributed by atoms with Crippen molar-refractivity contribution >= 4 is 34.3 Å². The highest BCUT2D eigenvalue weighted by molar-refractivity contribution is 7.99. The Labute approximate surface area is 144 Å². The van der Waals surface area contributed by atoms with Crippen LogP contribution < -0.4 is 0 Å². The van der Waals surface area contributed by atoms with Gasteiger partial charge in [-0.05, 0) is 54.2 Å². The standard InChI is InChI=1S/C16H8ClFN4OS/c17-10-3-1-9(2-4-10)14-21-22-16(23-14)24-15-12-7-11(18)5-6-13(12)19-8-20-15/h1-8H. The van der Waals surface area contributed by atoms with Gasteiger partial charge < -0.3 is 4.42 Å². The second-order valence-corrected chi connectivity index (χ2v) is 6.20. The molecule has 8 heteroatoms. The Morgan fingerprint density at radius 2 is 1.83 bits per heavy atom. The van der Waals surface area contributed by atoms with Crippen molar-refractivity contribution in [1.29, 1.82) is 0 Å². The number of nitrogens with zero attached hydrogens (tertiary/aromatic N) is 4. The lowest BCUT2D eigenvalue weighted by molar-refractivity contribution is 0.465. The van der Waals surface area contributed by atoms with Crippen LogP contribution in [0.1, 0.15) is 0 Å². The van der Waals surface area contributed by atoms with Crippen LogP contribution in [0.25, 0.3) is 22.4 Å². The van der Waals surface area contributed by atoms with E-state index in [1.54, 1.807) is 30.3 Å². The van der Waals surface area contributed by atoms with Crippen molar-refractivity contribution in [2.45, 2.75) is 10.2 Å². The number of halogens is 2. The summed E-state index contributed by atoms with van der Waals surface area (Å²) in [5, 5.41) is 10.1. The molecule has 2 aromatic heterocycles. The van der Waals surface area contributed by atoms with Crippen molar-refractivity contribution in [2.75, 3.05) is 0 Å². The highest BCUT2D eigenvalue weighted by Gasteiger charge is 2.13. The van der Waals surface area contributed by atoms with Crippen LogP contribution in [0.3, 0.4) is 0 Å². The predicted molar refractivity (Wildman–Crippen MR) is 88.4 cm³/mol. The van der Waals surface area contributed by atoms with Crippen molar-refractivity contribution in [2.24, 2.45) is 0 Å². The lowest BCUT2D eigenvalue weighted by atomic mass is 10.2. The average Bonchev–Trinajstić information content (AvgIpc) is 3.05. The number of benzene rings is 2. The fraction of sp³-hybridized carbons (Fsp3) is 0. The smallest absolute Gasteiger partial charge is 0.283 e. The maximum atomic E-state index is 13.5. The van der Waals surface area contributed by atoms with Gasteiger partial charge in [-0.1, -0.05) is 11.6 Å². The fourth-order valence-electron chi connectivity index (χ4n) is 2.13. The predicted octanol–water partition coefficient (Wildman–Crippen LogP) is 4.62. The van der Waals surface area contributed by atoms with Crippen LogP contribution in [0.15, 0.2) is 63.5 Å². The molecule has 0 radical (unpaired) electrons. The van der Waals surface area contributed by atoms with E-state index in [0.717, 1.165) is 17.3 Å². The number of hydrogen-bond acceptors (Lipinski definition) is 6. The lowest BCUT2D eigenvalue weighted by Gasteiger charge is -2.01. The van der Waals surface area contributed by atoms with Gasteiger partial charge in [-0.25, -0.2) is 14.4 Å². The van der Waals surface area contributed by atoms with E-state index in [9.17, 15) is 4.39 Å². The SMILES string of the molecule is Fc1ccc2ncnc(Sc3nnc(-c4ccc(Cl)cc4)o3)c2c1. The van der Waals surface area contributed by atoms with Crippen LogP contribution in [0, 0.1) is 5.82 Å². The van der Waals surface area contributed by atoms with Gasteiger partial charge in [0.25, 0.3) is 5.22 Å². The van der Waals surface area contributed by atoms with Crippen LogP contribution in [0.5, 0.6) is 0 Å². The Morgan fingerprint density at radius 3 is 2.67 bits per heavy atom. The molecule has 4 rings (SSSR count). The highest BCUT2D eigenvalue weighted by atomic mass is 35.5. The minimum atomic E-state index is -0.355. The Bertz CT molecular complexity index is 1020. The molecule has 0 N–H and O–H groups in total. The zero-order valence-corrected chi connectivity index (χ0v) is 13.6. The largest absolute Gasteiger partial charge is 0.411 e. The Balaban J connectivity index is 1.67. The maximum absolute atomic E-state index is 13.5. The summed E-state index contributed by atoms with van der Waals surface area (Å²) in [6.45, 7) is 0. The third-order valence-corrected chi connectivity index (χ3v) is 4.35. The van der Waals surface area contributed by atoms with Crippen molar-refractivity contribution in [3.05, 3.63) is 59.6 Å². The Hall–Kier alpha value is -2.51. The highest BCUT2D eigenvalue weighted by Crippen LogP contribution is 2.32. The van der Waals surface area contributed by atoms with E-state index < -0.39 is 0 Å². The first-order valence-electron chi connectivity index (χ1n) is 6.86. The molecule has 0 aliphatic carbocycles. The molecular formula is C16H8ClFN4OS. The molecule has 0 bridgehead atoms. The summed E-state index contributed by atoms with van der Waals surface area (Å²) in [5.74, 6) is 0.0187. The monoisotopic (exact) mass is 358 g/mol. The van der Waals surface area contributed by atoms with Crippen LogP contribution >= 0.6 is 23.4 Å². The number of rotatable bonds is 3.